The lowest BCUT2D eigenvalue weighted by molar-refractivity contribution is -0.103. The fourth-order valence-corrected chi connectivity index (χ4v) is 1.27. The molecule has 0 aliphatic carbocycles. The summed E-state index contributed by atoms with van der Waals surface area (Å²) in [6.07, 6.45) is 0.705. The quantitative estimate of drug-likeness (QED) is 0.362. The van der Waals surface area contributed by atoms with Gasteiger partial charge in [-0.05, 0) is 12.8 Å². The molecule has 0 aromatic carbocycles. The standard InChI is InChI=1S/C7H16O5S/c1-2-4-7(8)12-5-3-6-13(9,10)11/h7-8H,2-6H2,1H3,(H,9,10,11). The Kier molecular flexibility index (Phi) is 6.23. The highest BCUT2D eigenvalue weighted by Crippen LogP contribution is 1.99. The van der Waals surface area contributed by atoms with Crippen molar-refractivity contribution in [3.63, 3.8) is 0 Å². The molecule has 80 valence electrons. The van der Waals surface area contributed by atoms with E-state index in [1.807, 2.05) is 6.92 Å². The maximum Gasteiger partial charge on any atom is 0.264 e. The average Bonchev–Trinajstić information content (AvgIpc) is 1.97. The van der Waals surface area contributed by atoms with Crippen molar-refractivity contribution in [2.45, 2.75) is 32.5 Å². The number of aliphatic hydroxyl groups excluding tert-OH is 1. The zero-order chi connectivity index (χ0) is 10.3. The Balaban J connectivity index is 3.36. The first kappa shape index (κ1) is 12.8. The summed E-state index contributed by atoms with van der Waals surface area (Å²) in [5, 5.41) is 9.04. The second-order valence-corrected chi connectivity index (χ2v) is 4.33. The Morgan fingerprint density at radius 1 is 1.46 bits per heavy atom. The van der Waals surface area contributed by atoms with E-state index in [2.05, 4.69) is 0 Å². The predicted octanol–water partition coefficient (Wildman–Crippen LogP) is 0.399. The molecule has 0 radical (unpaired) electrons. The van der Waals surface area contributed by atoms with Crippen LogP contribution in [0.25, 0.3) is 0 Å². The highest BCUT2D eigenvalue weighted by Gasteiger charge is 2.05. The smallest absolute Gasteiger partial charge is 0.264 e. The summed E-state index contributed by atoms with van der Waals surface area (Å²) < 4.78 is 33.7. The Hall–Kier alpha value is -0.170. The summed E-state index contributed by atoms with van der Waals surface area (Å²) in [6, 6.07) is 0. The minimum absolute atomic E-state index is 0.140. The first-order chi connectivity index (χ1) is 5.95. The molecule has 0 rings (SSSR count). The van der Waals surface area contributed by atoms with Gasteiger partial charge in [0.2, 0.25) is 0 Å². The van der Waals surface area contributed by atoms with Gasteiger partial charge < -0.3 is 9.84 Å². The van der Waals surface area contributed by atoms with E-state index in [1.165, 1.54) is 0 Å². The molecule has 0 saturated carbocycles. The van der Waals surface area contributed by atoms with Crippen LogP contribution in [-0.4, -0.2) is 36.7 Å². The molecule has 1 unspecified atom stereocenters. The van der Waals surface area contributed by atoms with Crippen LogP contribution >= 0.6 is 0 Å². The van der Waals surface area contributed by atoms with Crippen LogP contribution in [0.2, 0.25) is 0 Å². The molecule has 5 nitrogen and oxygen atoms in total. The van der Waals surface area contributed by atoms with Gasteiger partial charge in [-0.3, -0.25) is 4.55 Å². The molecule has 0 spiro atoms. The molecule has 0 aromatic heterocycles. The minimum Gasteiger partial charge on any atom is -0.368 e. The van der Waals surface area contributed by atoms with E-state index in [1.54, 1.807) is 0 Å². The summed E-state index contributed by atoms with van der Waals surface area (Å²) in [7, 11) is -3.90. The average molecular weight is 212 g/mol. The number of hydrogen-bond acceptors (Lipinski definition) is 4. The third-order valence-corrected chi connectivity index (χ3v) is 2.20. The van der Waals surface area contributed by atoms with Crippen LogP contribution in [0.3, 0.4) is 0 Å². The van der Waals surface area contributed by atoms with Crippen LogP contribution < -0.4 is 0 Å². The van der Waals surface area contributed by atoms with E-state index in [0.29, 0.717) is 6.42 Å². The van der Waals surface area contributed by atoms with Crippen LogP contribution in [0, 0.1) is 0 Å². The largest absolute Gasteiger partial charge is 0.368 e. The molecule has 1 atom stereocenters. The molecule has 6 heteroatoms. The first-order valence-corrected chi connectivity index (χ1v) is 5.81. The van der Waals surface area contributed by atoms with Gasteiger partial charge in [0.15, 0.2) is 6.29 Å². The zero-order valence-electron chi connectivity index (χ0n) is 7.64. The Morgan fingerprint density at radius 3 is 2.54 bits per heavy atom. The normalized spacial score (nSPS) is 14.4. The molecule has 0 aliphatic rings. The Morgan fingerprint density at radius 2 is 2.08 bits per heavy atom. The van der Waals surface area contributed by atoms with E-state index in [4.69, 9.17) is 14.4 Å². The minimum atomic E-state index is -3.90. The van der Waals surface area contributed by atoms with Gasteiger partial charge >= 0.3 is 0 Å². The summed E-state index contributed by atoms with van der Waals surface area (Å²) in [4.78, 5) is 0. The summed E-state index contributed by atoms with van der Waals surface area (Å²) >= 11 is 0. The van der Waals surface area contributed by atoms with E-state index in [9.17, 15) is 8.42 Å². The van der Waals surface area contributed by atoms with Crippen LogP contribution in [0.1, 0.15) is 26.2 Å². The maximum absolute atomic E-state index is 10.2. The highest BCUT2D eigenvalue weighted by molar-refractivity contribution is 7.85. The van der Waals surface area contributed by atoms with Crippen molar-refractivity contribution < 1.29 is 22.8 Å². The van der Waals surface area contributed by atoms with Crippen LogP contribution in [-0.2, 0) is 14.9 Å². The van der Waals surface area contributed by atoms with E-state index >= 15 is 0 Å². The van der Waals surface area contributed by atoms with Crippen LogP contribution in [0.15, 0.2) is 0 Å². The van der Waals surface area contributed by atoms with E-state index in [0.717, 1.165) is 6.42 Å². The Labute approximate surface area is 78.5 Å². The second kappa shape index (κ2) is 6.31. The molecule has 0 aliphatic heterocycles. The highest BCUT2D eigenvalue weighted by atomic mass is 32.2. The van der Waals surface area contributed by atoms with Gasteiger partial charge in [-0.2, -0.15) is 8.42 Å². The van der Waals surface area contributed by atoms with Gasteiger partial charge in [0.1, 0.15) is 0 Å². The van der Waals surface area contributed by atoms with Crippen molar-refractivity contribution in [2.75, 3.05) is 12.4 Å². The summed E-state index contributed by atoms with van der Waals surface area (Å²) in [5.41, 5.74) is 0. The van der Waals surface area contributed by atoms with Crippen molar-refractivity contribution in [3.05, 3.63) is 0 Å². The maximum atomic E-state index is 10.2. The third-order valence-electron chi connectivity index (χ3n) is 1.39. The van der Waals surface area contributed by atoms with Crippen molar-refractivity contribution in [3.8, 4) is 0 Å². The number of rotatable bonds is 7. The van der Waals surface area contributed by atoms with Crippen molar-refractivity contribution in [2.24, 2.45) is 0 Å². The molecule has 13 heavy (non-hydrogen) atoms. The van der Waals surface area contributed by atoms with Gasteiger partial charge in [0, 0.05) is 0 Å². The van der Waals surface area contributed by atoms with E-state index < -0.39 is 16.4 Å². The molecule has 0 fully saturated rings. The fourth-order valence-electron chi connectivity index (χ4n) is 0.791. The summed E-state index contributed by atoms with van der Waals surface area (Å²) in [5.74, 6) is -0.328. The van der Waals surface area contributed by atoms with Gasteiger partial charge in [-0.1, -0.05) is 13.3 Å². The molecule has 2 N–H and O–H groups in total. The van der Waals surface area contributed by atoms with Crippen molar-refractivity contribution in [1.82, 2.24) is 0 Å². The number of hydrogen-bond donors (Lipinski definition) is 2. The molecule has 0 heterocycles. The first-order valence-electron chi connectivity index (χ1n) is 4.20. The van der Waals surface area contributed by atoms with Gasteiger partial charge in [0.25, 0.3) is 10.1 Å². The van der Waals surface area contributed by atoms with E-state index in [-0.39, 0.29) is 18.8 Å². The van der Waals surface area contributed by atoms with Gasteiger partial charge in [0.05, 0.1) is 12.4 Å². The topological polar surface area (TPSA) is 83.8 Å². The predicted molar refractivity (Wildman–Crippen MR) is 47.9 cm³/mol. The second-order valence-electron chi connectivity index (χ2n) is 2.75. The molecule has 0 aromatic rings. The Bertz CT molecular complexity index is 211. The molecule has 0 bridgehead atoms. The lowest BCUT2D eigenvalue weighted by Crippen LogP contribution is -2.14. The zero-order valence-corrected chi connectivity index (χ0v) is 8.46. The molecular formula is C7H16O5S. The number of aliphatic hydroxyl groups is 1. The van der Waals surface area contributed by atoms with Gasteiger partial charge in [-0.15, -0.1) is 0 Å². The van der Waals surface area contributed by atoms with Gasteiger partial charge in [-0.25, -0.2) is 0 Å². The van der Waals surface area contributed by atoms with Crippen LogP contribution in [0.5, 0.6) is 0 Å². The molecule has 0 saturated heterocycles. The number of ether oxygens (including phenoxy) is 1. The molecule has 0 amide bonds. The lowest BCUT2D eigenvalue weighted by Gasteiger charge is -2.09. The monoisotopic (exact) mass is 212 g/mol. The third kappa shape index (κ3) is 9.75. The lowest BCUT2D eigenvalue weighted by atomic mass is 10.3. The SMILES string of the molecule is CCCC(O)OCCCS(=O)(=O)O. The summed E-state index contributed by atoms with van der Waals surface area (Å²) in [6.45, 7) is 2.05. The van der Waals surface area contributed by atoms with Crippen molar-refractivity contribution in [1.29, 1.82) is 0 Å². The van der Waals surface area contributed by atoms with Crippen molar-refractivity contribution >= 4 is 10.1 Å². The fraction of sp³-hybridized carbons (Fsp3) is 1.00. The van der Waals surface area contributed by atoms with Crippen LogP contribution in [0.4, 0.5) is 0 Å². The molecular weight excluding hydrogens is 196 g/mol.